The molecule has 5 nitrogen and oxygen atoms in total. The molecule has 18 heavy (non-hydrogen) atoms. The number of hydrogen-bond acceptors (Lipinski definition) is 3. The van der Waals surface area contributed by atoms with E-state index in [1.54, 1.807) is 0 Å². The first-order chi connectivity index (χ1) is 8.61. The summed E-state index contributed by atoms with van der Waals surface area (Å²) in [5, 5.41) is 13.3. The van der Waals surface area contributed by atoms with Crippen molar-refractivity contribution in [3.05, 3.63) is 17.0 Å². The molecule has 1 aliphatic carbocycles. The zero-order valence-corrected chi connectivity index (χ0v) is 11.3. The second-order valence-corrected chi connectivity index (χ2v) is 5.12. The van der Waals surface area contributed by atoms with Gasteiger partial charge in [-0.05, 0) is 46.6 Å². The van der Waals surface area contributed by atoms with Gasteiger partial charge in [-0.15, -0.1) is 0 Å². The number of nitrogens with one attached hydrogen (secondary N) is 3. The number of aromatic nitrogens is 2. The van der Waals surface area contributed by atoms with E-state index >= 15 is 0 Å². The SMILES string of the molecule is CNC1CCC(NC(=O)c2c(C)n[nH]c2C)CC1. The molecular formula is C13H22N4O. The van der Waals surface area contributed by atoms with Gasteiger partial charge in [-0.2, -0.15) is 5.10 Å². The lowest BCUT2D eigenvalue weighted by Gasteiger charge is -2.28. The number of rotatable bonds is 3. The molecule has 0 unspecified atom stereocenters. The Bertz CT molecular complexity index is 399. The highest BCUT2D eigenvalue weighted by molar-refractivity contribution is 5.96. The van der Waals surface area contributed by atoms with E-state index in [0.717, 1.165) is 37.1 Å². The molecule has 0 bridgehead atoms. The van der Waals surface area contributed by atoms with Crippen LogP contribution in [-0.4, -0.2) is 35.2 Å². The zero-order valence-electron chi connectivity index (χ0n) is 11.3. The summed E-state index contributed by atoms with van der Waals surface area (Å²) in [4.78, 5) is 12.2. The van der Waals surface area contributed by atoms with Crippen molar-refractivity contribution in [3.8, 4) is 0 Å². The van der Waals surface area contributed by atoms with Crippen molar-refractivity contribution in [1.29, 1.82) is 0 Å². The highest BCUT2D eigenvalue weighted by Gasteiger charge is 2.23. The summed E-state index contributed by atoms with van der Waals surface area (Å²) >= 11 is 0. The molecule has 0 aliphatic heterocycles. The Morgan fingerprint density at radius 1 is 1.22 bits per heavy atom. The predicted octanol–water partition coefficient (Wildman–Crippen LogP) is 1.29. The lowest BCUT2D eigenvalue weighted by molar-refractivity contribution is 0.0923. The van der Waals surface area contributed by atoms with Gasteiger partial charge in [0.1, 0.15) is 0 Å². The lowest BCUT2D eigenvalue weighted by atomic mass is 9.91. The number of aromatic amines is 1. The highest BCUT2D eigenvalue weighted by Crippen LogP contribution is 2.19. The molecule has 1 amide bonds. The van der Waals surface area contributed by atoms with Crippen molar-refractivity contribution in [1.82, 2.24) is 20.8 Å². The maximum absolute atomic E-state index is 12.2. The number of hydrogen-bond donors (Lipinski definition) is 3. The third kappa shape index (κ3) is 2.72. The minimum absolute atomic E-state index is 0.00616. The van der Waals surface area contributed by atoms with Crippen molar-refractivity contribution >= 4 is 5.91 Å². The number of carbonyl (C=O) groups excluding carboxylic acids is 1. The standard InChI is InChI=1S/C13H22N4O/c1-8-12(9(2)17-16-8)13(18)15-11-6-4-10(14-3)5-7-11/h10-11,14H,4-7H2,1-3H3,(H,15,18)(H,16,17). The second-order valence-electron chi connectivity index (χ2n) is 5.12. The van der Waals surface area contributed by atoms with Crippen molar-refractivity contribution in [2.24, 2.45) is 0 Å². The molecular weight excluding hydrogens is 228 g/mol. The van der Waals surface area contributed by atoms with Crippen LogP contribution >= 0.6 is 0 Å². The van der Waals surface area contributed by atoms with Crippen LogP contribution in [0.25, 0.3) is 0 Å². The second kappa shape index (κ2) is 5.52. The number of H-pyrrole nitrogens is 1. The third-order valence-corrected chi connectivity index (χ3v) is 3.83. The van der Waals surface area contributed by atoms with Crippen molar-refractivity contribution in [2.75, 3.05) is 7.05 Å². The first-order valence-corrected chi connectivity index (χ1v) is 6.61. The largest absolute Gasteiger partial charge is 0.349 e. The molecule has 1 fully saturated rings. The fraction of sp³-hybridized carbons (Fsp3) is 0.692. The summed E-state index contributed by atoms with van der Waals surface area (Å²) < 4.78 is 0. The summed E-state index contributed by atoms with van der Waals surface area (Å²) in [5.74, 6) is 0.00616. The van der Waals surface area contributed by atoms with Crippen molar-refractivity contribution in [3.63, 3.8) is 0 Å². The van der Waals surface area contributed by atoms with Crippen LogP contribution in [0.1, 0.15) is 47.4 Å². The molecule has 100 valence electrons. The van der Waals surface area contributed by atoms with Gasteiger partial charge >= 0.3 is 0 Å². The number of carbonyl (C=O) groups is 1. The van der Waals surface area contributed by atoms with Gasteiger partial charge in [0.15, 0.2) is 0 Å². The number of nitrogens with zero attached hydrogens (tertiary/aromatic N) is 1. The Kier molecular flexibility index (Phi) is 4.01. The molecule has 5 heteroatoms. The van der Waals surface area contributed by atoms with Gasteiger partial charge in [-0.3, -0.25) is 9.89 Å². The Hall–Kier alpha value is -1.36. The van der Waals surface area contributed by atoms with Crippen LogP contribution in [0.3, 0.4) is 0 Å². The zero-order chi connectivity index (χ0) is 13.1. The van der Waals surface area contributed by atoms with E-state index in [1.165, 1.54) is 0 Å². The van der Waals surface area contributed by atoms with Crippen LogP contribution < -0.4 is 10.6 Å². The Morgan fingerprint density at radius 3 is 2.33 bits per heavy atom. The first-order valence-electron chi connectivity index (χ1n) is 6.61. The smallest absolute Gasteiger partial charge is 0.255 e. The number of aryl methyl sites for hydroxylation is 2. The molecule has 0 atom stereocenters. The summed E-state index contributed by atoms with van der Waals surface area (Å²) in [7, 11) is 2.00. The fourth-order valence-corrected chi connectivity index (χ4v) is 2.67. The molecule has 3 N–H and O–H groups in total. The predicted molar refractivity (Wildman–Crippen MR) is 70.6 cm³/mol. The molecule has 2 rings (SSSR count). The van der Waals surface area contributed by atoms with Gasteiger partial charge in [0.2, 0.25) is 0 Å². The molecule has 1 aromatic heterocycles. The van der Waals surface area contributed by atoms with Crippen molar-refractivity contribution in [2.45, 2.75) is 51.6 Å². The molecule has 0 aromatic carbocycles. The Labute approximate surface area is 108 Å². The maximum Gasteiger partial charge on any atom is 0.255 e. The van der Waals surface area contributed by atoms with Gasteiger partial charge < -0.3 is 10.6 Å². The molecule has 0 spiro atoms. The average Bonchev–Trinajstić information content (AvgIpc) is 2.70. The summed E-state index contributed by atoms with van der Waals surface area (Å²) in [6.45, 7) is 3.74. The van der Waals surface area contributed by atoms with Gasteiger partial charge in [0, 0.05) is 17.8 Å². The molecule has 0 saturated heterocycles. The van der Waals surface area contributed by atoms with Gasteiger partial charge in [-0.25, -0.2) is 0 Å². The van der Waals surface area contributed by atoms with Crippen LogP contribution in [-0.2, 0) is 0 Å². The Balaban J connectivity index is 1.93. The average molecular weight is 250 g/mol. The monoisotopic (exact) mass is 250 g/mol. The van der Waals surface area contributed by atoms with Gasteiger partial charge in [0.05, 0.1) is 11.3 Å². The molecule has 0 radical (unpaired) electrons. The minimum atomic E-state index is 0.00616. The van der Waals surface area contributed by atoms with Crippen LogP contribution in [0.5, 0.6) is 0 Å². The molecule has 1 saturated carbocycles. The topological polar surface area (TPSA) is 69.8 Å². The van der Waals surface area contributed by atoms with Gasteiger partial charge in [-0.1, -0.05) is 0 Å². The quantitative estimate of drug-likeness (QED) is 0.757. The summed E-state index contributed by atoms with van der Waals surface area (Å²) in [6, 6.07) is 0.909. The van der Waals surface area contributed by atoms with E-state index in [0.29, 0.717) is 17.6 Å². The van der Waals surface area contributed by atoms with Gasteiger partial charge in [0.25, 0.3) is 5.91 Å². The summed E-state index contributed by atoms with van der Waals surface area (Å²) in [6.07, 6.45) is 4.36. The van der Waals surface area contributed by atoms with Crippen molar-refractivity contribution < 1.29 is 4.79 Å². The van der Waals surface area contributed by atoms with E-state index in [2.05, 4.69) is 20.8 Å². The minimum Gasteiger partial charge on any atom is -0.349 e. The van der Waals surface area contributed by atoms with E-state index < -0.39 is 0 Å². The number of amides is 1. The molecule has 1 aromatic rings. The van der Waals surface area contributed by atoms with E-state index in [9.17, 15) is 4.79 Å². The highest BCUT2D eigenvalue weighted by atomic mass is 16.1. The molecule has 1 aliphatic rings. The Morgan fingerprint density at radius 2 is 1.83 bits per heavy atom. The lowest BCUT2D eigenvalue weighted by Crippen LogP contribution is -2.41. The molecule has 1 heterocycles. The fourth-order valence-electron chi connectivity index (χ4n) is 2.67. The van der Waals surface area contributed by atoms with Crippen LogP contribution in [0.4, 0.5) is 0 Å². The van der Waals surface area contributed by atoms with Crippen LogP contribution in [0.15, 0.2) is 0 Å². The third-order valence-electron chi connectivity index (χ3n) is 3.83. The van der Waals surface area contributed by atoms with Crippen LogP contribution in [0.2, 0.25) is 0 Å². The normalized spacial score (nSPS) is 23.9. The first kappa shape index (κ1) is 13.1. The van der Waals surface area contributed by atoms with Crippen LogP contribution in [0, 0.1) is 13.8 Å². The van der Waals surface area contributed by atoms with E-state index in [-0.39, 0.29) is 5.91 Å². The maximum atomic E-state index is 12.2. The van der Waals surface area contributed by atoms with E-state index in [4.69, 9.17) is 0 Å². The summed E-state index contributed by atoms with van der Waals surface area (Å²) in [5.41, 5.74) is 2.31. The van der Waals surface area contributed by atoms with E-state index in [1.807, 2.05) is 20.9 Å².